The highest BCUT2D eigenvalue weighted by Gasteiger charge is 2.21. The summed E-state index contributed by atoms with van der Waals surface area (Å²) in [4.78, 5) is 0. The third kappa shape index (κ3) is 5.42. The molecule has 2 aliphatic rings. The molecule has 9 heteroatoms. The maximum Gasteiger partial charge on any atom is 0.167 e. The van der Waals surface area contributed by atoms with Crippen molar-refractivity contribution < 1.29 is 13.9 Å². The van der Waals surface area contributed by atoms with Crippen molar-refractivity contribution in [2.45, 2.75) is 25.8 Å². The number of aliphatic hydroxyl groups excluding tert-OH is 1. The van der Waals surface area contributed by atoms with Gasteiger partial charge in [0.05, 0.1) is 11.1 Å². The van der Waals surface area contributed by atoms with Crippen molar-refractivity contribution in [3.8, 4) is 22.8 Å². The molecule has 0 atom stereocenters. The molecule has 0 saturated carbocycles. The second-order valence-corrected chi connectivity index (χ2v) is 8.83. The fourth-order valence-electron chi connectivity index (χ4n) is 4.70. The average molecular weight is 514 g/mol. The lowest BCUT2D eigenvalue weighted by Crippen LogP contribution is -2.20. The number of hydrogen-bond acceptors (Lipinski definition) is 5. The summed E-state index contributed by atoms with van der Waals surface area (Å²) in [6.07, 6.45) is 6.26. The maximum atomic E-state index is 15.3. The van der Waals surface area contributed by atoms with E-state index in [2.05, 4.69) is 33.0 Å². The van der Waals surface area contributed by atoms with E-state index >= 15 is 8.78 Å². The lowest BCUT2D eigenvalue weighted by molar-refractivity contribution is 0.280. The Bertz CT molecular complexity index is 1190. The average Bonchev–Trinajstić information content (AvgIpc) is 3.31. The minimum absolute atomic E-state index is 0. The van der Waals surface area contributed by atoms with Gasteiger partial charge in [0, 0.05) is 26.2 Å². The molecule has 3 heterocycles. The first-order valence-corrected chi connectivity index (χ1v) is 12.1. The van der Waals surface area contributed by atoms with Crippen LogP contribution in [0.25, 0.3) is 33.9 Å². The van der Waals surface area contributed by atoms with Crippen LogP contribution < -0.4 is 10.6 Å². The zero-order valence-electron chi connectivity index (χ0n) is 19.9. The molecule has 3 aromatic rings. The van der Waals surface area contributed by atoms with Crippen LogP contribution in [0, 0.1) is 11.6 Å². The molecule has 2 aliphatic heterocycles. The van der Waals surface area contributed by atoms with Crippen molar-refractivity contribution in [3.05, 3.63) is 71.3 Å². The molecule has 0 unspecified atom stereocenters. The van der Waals surface area contributed by atoms with Gasteiger partial charge in [-0.2, -0.15) is 0 Å². The number of nitrogens with one attached hydrogen (secondary N) is 2. The van der Waals surface area contributed by atoms with E-state index in [1.807, 2.05) is 12.1 Å². The summed E-state index contributed by atoms with van der Waals surface area (Å²) in [6, 6.07) is 10.3. The normalized spacial score (nSPS) is 15.8. The van der Waals surface area contributed by atoms with E-state index in [1.165, 1.54) is 12.1 Å². The minimum Gasteiger partial charge on any atom is -0.396 e. The SMILES string of the molecule is Cl.OCCCn1c(-c2ccc(C3=CCNCC3)cc2F)nnc1-c1ccc(C2=CCNCC2)cc1F. The van der Waals surface area contributed by atoms with Crippen LogP contribution in [0.4, 0.5) is 8.78 Å². The summed E-state index contributed by atoms with van der Waals surface area (Å²) in [5, 5.41) is 24.5. The fraction of sp³-hybridized carbons (Fsp3) is 0.333. The Labute approximate surface area is 215 Å². The highest BCUT2D eigenvalue weighted by molar-refractivity contribution is 5.85. The van der Waals surface area contributed by atoms with Crippen molar-refractivity contribution in [2.24, 2.45) is 0 Å². The number of nitrogens with zero attached hydrogens (tertiary/aromatic N) is 3. The minimum atomic E-state index is -0.403. The first-order valence-electron chi connectivity index (χ1n) is 12.1. The molecule has 0 radical (unpaired) electrons. The summed E-state index contributed by atoms with van der Waals surface area (Å²) < 4.78 is 32.3. The van der Waals surface area contributed by atoms with Crippen LogP contribution in [-0.2, 0) is 6.54 Å². The zero-order chi connectivity index (χ0) is 24.2. The Morgan fingerprint density at radius 1 is 0.806 bits per heavy atom. The first-order chi connectivity index (χ1) is 17.2. The van der Waals surface area contributed by atoms with Gasteiger partial charge < -0.3 is 20.3 Å². The van der Waals surface area contributed by atoms with Crippen LogP contribution in [0.15, 0.2) is 48.6 Å². The van der Waals surface area contributed by atoms with E-state index in [1.54, 1.807) is 16.7 Å². The zero-order valence-corrected chi connectivity index (χ0v) is 20.8. The molecule has 36 heavy (non-hydrogen) atoms. The Kier molecular flexibility index (Phi) is 8.64. The third-order valence-corrected chi connectivity index (χ3v) is 6.58. The number of aliphatic hydroxyl groups is 1. The number of halogens is 3. The van der Waals surface area contributed by atoms with E-state index in [0.29, 0.717) is 35.7 Å². The van der Waals surface area contributed by atoms with Gasteiger partial charge in [-0.05, 0) is 78.9 Å². The molecule has 6 nitrogen and oxygen atoms in total. The highest BCUT2D eigenvalue weighted by atomic mass is 35.5. The van der Waals surface area contributed by atoms with Gasteiger partial charge in [-0.3, -0.25) is 0 Å². The standard InChI is InChI=1S/C27H29F2N5O.ClH/c28-24-16-20(18-6-10-30-11-7-18)2-4-22(24)26-32-33-27(34(26)14-1-15-35)23-5-3-21(17-25(23)29)19-8-12-31-13-9-19;/h2-6,8,16-17,30-31,35H,1,7,9-15H2;1H. The number of aromatic nitrogens is 3. The van der Waals surface area contributed by atoms with Crippen LogP contribution in [0.2, 0.25) is 0 Å². The Hall–Kier alpha value is -2.91. The van der Waals surface area contributed by atoms with E-state index in [9.17, 15) is 5.11 Å². The predicted molar refractivity (Wildman–Crippen MR) is 141 cm³/mol. The van der Waals surface area contributed by atoms with Gasteiger partial charge in [0.15, 0.2) is 11.6 Å². The summed E-state index contributed by atoms with van der Waals surface area (Å²) in [5.74, 6) is -0.165. The van der Waals surface area contributed by atoms with Crippen molar-refractivity contribution in [1.82, 2.24) is 25.4 Å². The molecule has 2 aromatic carbocycles. The Morgan fingerprint density at radius 3 is 1.69 bits per heavy atom. The molecule has 0 aliphatic carbocycles. The quantitative estimate of drug-likeness (QED) is 0.435. The van der Waals surface area contributed by atoms with Crippen LogP contribution in [-0.4, -0.2) is 52.7 Å². The van der Waals surface area contributed by atoms with E-state index in [-0.39, 0.29) is 19.0 Å². The number of benzene rings is 2. The highest BCUT2D eigenvalue weighted by Crippen LogP contribution is 2.32. The van der Waals surface area contributed by atoms with Gasteiger partial charge in [-0.15, -0.1) is 22.6 Å². The van der Waals surface area contributed by atoms with Crippen LogP contribution in [0.1, 0.15) is 30.4 Å². The van der Waals surface area contributed by atoms with Crippen molar-refractivity contribution in [2.75, 3.05) is 32.8 Å². The lowest BCUT2D eigenvalue weighted by atomic mass is 9.98. The van der Waals surface area contributed by atoms with Crippen molar-refractivity contribution in [3.63, 3.8) is 0 Å². The largest absolute Gasteiger partial charge is 0.396 e. The van der Waals surface area contributed by atoms with E-state index in [4.69, 9.17) is 0 Å². The lowest BCUT2D eigenvalue weighted by Gasteiger charge is -2.16. The third-order valence-electron chi connectivity index (χ3n) is 6.58. The van der Waals surface area contributed by atoms with Crippen molar-refractivity contribution >= 4 is 23.6 Å². The van der Waals surface area contributed by atoms with Gasteiger partial charge in [0.25, 0.3) is 0 Å². The van der Waals surface area contributed by atoms with Gasteiger partial charge >= 0.3 is 0 Å². The Balaban J connectivity index is 0.00000304. The second kappa shape index (κ2) is 11.9. The number of hydrogen-bond donors (Lipinski definition) is 3. The van der Waals surface area contributed by atoms with Crippen molar-refractivity contribution in [1.29, 1.82) is 0 Å². The van der Waals surface area contributed by atoms with Gasteiger partial charge in [0.1, 0.15) is 11.6 Å². The summed E-state index contributed by atoms with van der Waals surface area (Å²) in [5.41, 5.74) is 4.53. The molecule has 0 spiro atoms. The van der Waals surface area contributed by atoms with E-state index in [0.717, 1.165) is 61.3 Å². The second-order valence-electron chi connectivity index (χ2n) is 8.83. The summed E-state index contributed by atoms with van der Waals surface area (Å²) in [7, 11) is 0. The van der Waals surface area contributed by atoms with Crippen LogP contribution in [0.3, 0.4) is 0 Å². The van der Waals surface area contributed by atoms with Gasteiger partial charge in [-0.1, -0.05) is 24.3 Å². The molecule has 5 rings (SSSR count). The Morgan fingerprint density at radius 2 is 1.31 bits per heavy atom. The maximum absolute atomic E-state index is 15.3. The van der Waals surface area contributed by atoms with Gasteiger partial charge in [0.2, 0.25) is 0 Å². The molecule has 0 saturated heterocycles. The summed E-state index contributed by atoms with van der Waals surface area (Å²) in [6.45, 7) is 3.57. The smallest absolute Gasteiger partial charge is 0.167 e. The fourth-order valence-corrected chi connectivity index (χ4v) is 4.70. The first kappa shape index (κ1) is 26.2. The molecule has 1 aromatic heterocycles. The molecule has 190 valence electrons. The molecule has 0 amide bonds. The molecule has 3 N–H and O–H groups in total. The van der Waals surface area contributed by atoms with Gasteiger partial charge in [-0.25, -0.2) is 8.78 Å². The van der Waals surface area contributed by atoms with Crippen LogP contribution in [0.5, 0.6) is 0 Å². The molecular formula is C27H30ClF2N5O. The summed E-state index contributed by atoms with van der Waals surface area (Å²) >= 11 is 0. The molecular weight excluding hydrogens is 484 g/mol. The number of rotatable bonds is 7. The van der Waals surface area contributed by atoms with Crippen LogP contribution >= 0.6 is 12.4 Å². The topological polar surface area (TPSA) is 75.0 Å². The predicted octanol–water partition coefficient (Wildman–Crippen LogP) is 4.45. The van der Waals surface area contributed by atoms with E-state index < -0.39 is 11.6 Å². The molecule has 0 bridgehead atoms. The molecule has 0 fully saturated rings. The monoisotopic (exact) mass is 513 g/mol.